The Morgan fingerprint density at radius 2 is 2.07 bits per heavy atom. The first-order chi connectivity index (χ1) is 6.66. The van der Waals surface area contributed by atoms with E-state index in [0.29, 0.717) is 21.7 Å². The van der Waals surface area contributed by atoms with Crippen LogP contribution < -0.4 is 5.32 Å². The maximum atomic E-state index is 11.6. The number of carbonyl (C=O) groups is 1. The lowest BCUT2D eigenvalue weighted by Gasteiger charge is -2.05. The molecule has 1 aromatic rings. The second-order valence-electron chi connectivity index (χ2n) is 3.37. The fourth-order valence-electron chi connectivity index (χ4n) is 1.16. The van der Waals surface area contributed by atoms with Crippen molar-refractivity contribution in [3.63, 3.8) is 0 Å². The molecule has 0 unspecified atom stereocenters. The number of benzene rings is 1. The average Bonchev–Trinajstić information content (AvgIpc) is 2.93. The highest BCUT2D eigenvalue weighted by atomic mass is 35.5. The standard InChI is InChI=1S/C10H9Cl2NO/c11-6-1-4-9(12)8(5-6)10(14)13-7-2-3-7/h1,4-5,7H,2-3H2,(H,13,14). The van der Waals surface area contributed by atoms with Crippen LogP contribution in [0.4, 0.5) is 0 Å². The molecular weight excluding hydrogens is 221 g/mol. The normalized spacial score (nSPS) is 15.3. The van der Waals surface area contributed by atoms with Gasteiger partial charge < -0.3 is 5.32 Å². The van der Waals surface area contributed by atoms with Gasteiger partial charge in [0, 0.05) is 11.1 Å². The summed E-state index contributed by atoms with van der Waals surface area (Å²) >= 11 is 11.6. The van der Waals surface area contributed by atoms with Crippen molar-refractivity contribution in [2.75, 3.05) is 0 Å². The first-order valence-electron chi connectivity index (χ1n) is 4.43. The first-order valence-corrected chi connectivity index (χ1v) is 5.18. The van der Waals surface area contributed by atoms with Crippen LogP contribution in [0.1, 0.15) is 23.2 Å². The summed E-state index contributed by atoms with van der Waals surface area (Å²) in [4.78, 5) is 11.6. The van der Waals surface area contributed by atoms with Crippen LogP contribution in [0.5, 0.6) is 0 Å². The fourth-order valence-corrected chi connectivity index (χ4v) is 1.54. The minimum Gasteiger partial charge on any atom is -0.349 e. The third-order valence-corrected chi connectivity index (χ3v) is 2.65. The van der Waals surface area contributed by atoms with E-state index in [-0.39, 0.29) is 5.91 Å². The number of carbonyl (C=O) groups excluding carboxylic acids is 1. The van der Waals surface area contributed by atoms with Gasteiger partial charge in [0.1, 0.15) is 0 Å². The maximum absolute atomic E-state index is 11.6. The Morgan fingerprint density at radius 1 is 1.36 bits per heavy atom. The Kier molecular flexibility index (Phi) is 2.66. The molecule has 1 N–H and O–H groups in total. The Morgan fingerprint density at radius 3 is 2.71 bits per heavy atom. The van der Waals surface area contributed by atoms with Crippen molar-refractivity contribution in [1.82, 2.24) is 5.32 Å². The summed E-state index contributed by atoms with van der Waals surface area (Å²) in [6.45, 7) is 0. The highest BCUT2D eigenvalue weighted by Gasteiger charge is 2.24. The number of hydrogen-bond donors (Lipinski definition) is 1. The van der Waals surface area contributed by atoms with Gasteiger partial charge in [-0.05, 0) is 31.0 Å². The van der Waals surface area contributed by atoms with Crippen LogP contribution in [0, 0.1) is 0 Å². The van der Waals surface area contributed by atoms with E-state index in [0.717, 1.165) is 12.8 Å². The van der Waals surface area contributed by atoms with Crippen molar-refractivity contribution in [3.05, 3.63) is 33.8 Å². The van der Waals surface area contributed by atoms with Crippen LogP contribution in [-0.2, 0) is 0 Å². The summed E-state index contributed by atoms with van der Waals surface area (Å²) in [5.41, 5.74) is 0.450. The third kappa shape index (κ3) is 2.20. The minimum absolute atomic E-state index is 0.139. The summed E-state index contributed by atoms with van der Waals surface area (Å²) in [6.07, 6.45) is 2.12. The zero-order valence-corrected chi connectivity index (χ0v) is 8.90. The van der Waals surface area contributed by atoms with Crippen LogP contribution in [0.3, 0.4) is 0 Å². The van der Waals surface area contributed by atoms with E-state index < -0.39 is 0 Å². The number of rotatable bonds is 2. The highest BCUT2D eigenvalue weighted by molar-refractivity contribution is 6.35. The maximum Gasteiger partial charge on any atom is 0.253 e. The Labute approximate surface area is 92.2 Å². The molecular formula is C10H9Cl2NO. The van der Waals surface area contributed by atoms with Gasteiger partial charge in [0.05, 0.1) is 10.6 Å². The molecule has 2 nitrogen and oxygen atoms in total. The lowest BCUT2D eigenvalue weighted by Crippen LogP contribution is -2.25. The summed E-state index contributed by atoms with van der Waals surface area (Å²) in [7, 11) is 0. The monoisotopic (exact) mass is 229 g/mol. The second-order valence-corrected chi connectivity index (χ2v) is 4.22. The van der Waals surface area contributed by atoms with Crippen LogP contribution >= 0.6 is 23.2 Å². The summed E-state index contributed by atoms with van der Waals surface area (Å²) in [6, 6.07) is 5.21. The number of hydrogen-bond acceptors (Lipinski definition) is 1. The van der Waals surface area contributed by atoms with Crippen LogP contribution in [0.2, 0.25) is 10.0 Å². The highest BCUT2D eigenvalue weighted by Crippen LogP contribution is 2.23. The lowest BCUT2D eigenvalue weighted by atomic mass is 10.2. The van der Waals surface area contributed by atoms with Gasteiger partial charge in [0.25, 0.3) is 5.91 Å². The molecule has 0 heterocycles. The van der Waals surface area contributed by atoms with E-state index in [2.05, 4.69) is 5.32 Å². The molecule has 1 aromatic carbocycles. The van der Waals surface area contributed by atoms with Gasteiger partial charge >= 0.3 is 0 Å². The molecule has 1 aliphatic rings. The molecule has 1 amide bonds. The molecule has 1 saturated carbocycles. The van der Waals surface area contributed by atoms with E-state index in [9.17, 15) is 4.79 Å². The van der Waals surface area contributed by atoms with Crippen molar-refractivity contribution >= 4 is 29.1 Å². The first kappa shape index (κ1) is 9.81. The molecule has 1 fully saturated rings. The quantitative estimate of drug-likeness (QED) is 0.831. The molecule has 14 heavy (non-hydrogen) atoms. The van der Waals surface area contributed by atoms with E-state index in [4.69, 9.17) is 23.2 Å². The molecule has 0 bridgehead atoms. The Bertz CT molecular complexity index is 374. The van der Waals surface area contributed by atoms with Crippen molar-refractivity contribution in [2.24, 2.45) is 0 Å². The summed E-state index contributed by atoms with van der Waals surface area (Å²) in [5, 5.41) is 3.82. The zero-order chi connectivity index (χ0) is 10.1. The molecule has 4 heteroatoms. The van der Waals surface area contributed by atoms with Crippen LogP contribution in [0.25, 0.3) is 0 Å². The van der Waals surface area contributed by atoms with Crippen LogP contribution in [-0.4, -0.2) is 11.9 Å². The SMILES string of the molecule is O=C(NC1CC1)c1cc(Cl)ccc1Cl. The van der Waals surface area contributed by atoms with Crippen molar-refractivity contribution in [1.29, 1.82) is 0 Å². The largest absolute Gasteiger partial charge is 0.349 e. The van der Waals surface area contributed by atoms with Gasteiger partial charge in [-0.1, -0.05) is 23.2 Å². The molecule has 0 aromatic heterocycles. The fraction of sp³-hybridized carbons (Fsp3) is 0.300. The Hall–Kier alpha value is -0.730. The molecule has 74 valence electrons. The van der Waals surface area contributed by atoms with E-state index in [1.165, 1.54) is 0 Å². The van der Waals surface area contributed by atoms with Gasteiger partial charge in [0.15, 0.2) is 0 Å². The Balaban J connectivity index is 2.20. The van der Waals surface area contributed by atoms with E-state index in [1.54, 1.807) is 18.2 Å². The topological polar surface area (TPSA) is 29.1 Å². The summed E-state index contributed by atoms with van der Waals surface area (Å²) < 4.78 is 0. The zero-order valence-electron chi connectivity index (χ0n) is 7.39. The predicted molar refractivity (Wildman–Crippen MR) is 57.0 cm³/mol. The lowest BCUT2D eigenvalue weighted by molar-refractivity contribution is 0.0951. The van der Waals surface area contributed by atoms with Crippen molar-refractivity contribution in [3.8, 4) is 0 Å². The van der Waals surface area contributed by atoms with Gasteiger partial charge in [-0.2, -0.15) is 0 Å². The van der Waals surface area contributed by atoms with E-state index >= 15 is 0 Å². The van der Waals surface area contributed by atoms with Crippen molar-refractivity contribution in [2.45, 2.75) is 18.9 Å². The van der Waals surface area contributed by atoms with Gasteiger partial charge in [-0.25, -0.2) is 0 Å². The molecule has 0 spiro atoms. The third-order valence-electron chi connectivity index (χ3n) is 2.09. The number of nitrogens with one attached hydrogen (secondary N) is 1. The molecule has 1 aliphatic carbocycles. The smallest absolute Gasteiger partial charge is 0.253 e. The molecule has 0 aliphatic heterocycles. The molecule has 0 atom stereocenters. The van der Waals surface area contributed by atoms with E-state index in [1.807, 2.05) is 0 Å². The van der Waals surface area contributed by atoms with Crippen molar-refractivity contribution < 1.29 is 4.79 Å². The molecule has 2 rings (SSSR count). The summed E-state index contributed by atoms with van der Waals surface area (Å²) in [5.74, 6) is -0.139. The minimum atomic E-state index is -0.139. The van der Waals surface area contributed by atoms with Gasteiger partial charge in [0.2, 0.25) is 0 Å². The average molecular weight is 230 g/mol. The van der Waals surface area contributed by atoms with Crippen LogP contribution in [0.15, 0.2) is 18.2 Å². The predicted octanol–water partition coefficient (Wildman–Crippen LogP) is 2.89. The second kappa shape index (κ2) is 3.79. The molecule has 0 saturated heterocycles. The number of amides is 1. The van der Waals surface area contributed by atoms with Gasteiger partial charge in [-0.3, -0.25) is 4.79 Å². The molecule has 0 radical (unpaired) electrons. The van der Waals surface area contributed by atoms with Gasteiger partial charge in [-0.15, -0.1) is 0 Å². The number of halogens is 2.